The van der Waals surface area contributed by atoms with Crippen LogP contribution in [0.5, 0.6) is 0 Å². The van der Waals surface area contributed by atoms with E-state index in [0.717, 1.165) is 18.6 Å². The Hall–Kier alpha value is -1.42. The summed E-state index contributed by atoms with van der Waals surface area (Å²) < 4.78 is 5.19. The topological polar surface area (TPSA) is 51.2 Å². The number of aryl methyl sites for hydroxylation is 1. The van der Waals surface area contributed by atoms with Crippen LogP contribution in [0.25, 0.3) is 0 Å². The lowest BCUT2D eigenvalue weighted by Gasteiger charge is -2.11. The molecule has 80 valence electrons. The maximum atomic E-state index is 11.8. The molecule has 1 aromatic rings. The van der Waals surface area contributed by atoms with Gasteiger partial charge in [-0.15, -0.1) is 0 Å². The Labute approximate surface area is 88.7 Å². The minimum Gasteiger partial charge on any atom is -0.379 e. The van der Waals surface area contributed by atoms with Crippen molar-refractivity contribution < 1.29 is 9.53 Å². The fourth-order valence-corrected chi connectivity index (χ4v) is 1.61. The molecule has 4 nitrogen and oxygen atoms in total. The molecule has 0 unspecified atom stereocenters. The molecule has 1 aromatic heterocycles. The van der Waals surface area contributed by atoms with E-state index in [1.807, 2.05) is 13.0 Å². The second-order valence-electron chi connectivity index (χ2n) is 3.72. The molecular weight excluding hydrogens is 192 g/mol. The zero-order valence-corrected chi connectivity index (χ0v) is 8.69. The molecule has 0 spiro atoms. The van der Waals surface area contributed by atoms with Crippen LogP contribution in [0, 0.1) is 6.92 Å². The van der Waals surface area contributed by atoms with E-state index in [1.54, 1.807) is 12.4 Å². The van der Waals surface area contributed by atoms with Crippen molar-refractivity contribution in [3.05, 3.63) is 29.6 Å². The molecule has 0 aliphatic carbocycles. The molecule has 1 aliphatic heterocycles. The molecule has 1 amide bonds. The SMILES string of the molecule is Cc1ccncc1C(=O)N[C@@H]1CCOC1. The first-order valence-corrected chi connectivity index (χ1v) is 5.06. The fraction of sp³-hybridized carbons (Fsp3) is 0.455. The average molecular weight is 206 g/mol. The lowest BCUT2D eigenvalue weighted by atomic mass is 10.1. The molecule has 0 saturated carbocycles. The summed E-state index contributed by atoms with van der Waals surface area (Å²) in [6, 6.07) is 1.98. The summed E-state index contributed by atoms with van der Waals surface area (Å²) in [5, 5.41) is 2.93. The lowest BCUT2D eigenvalue weighted by molar-refractivity contribution is 0.0929. The van der Waals surface area contributed by atoms with E-state index >= 15 is 0 Å². The average Bonchev–Trinajstić information content (AvgIpc) is 2.71. The highest BCUT2D eigenvalue weighted by molar-refractivity contribution is 5.95. The van der Waals surface area contributed by atoms with E-state index in [4.69, 9.17) is 4.74 Å². The third-order valence-corrected chi connectivity index (χ3v) is 2.55. The summed E-state index contributed by atoms with van der Waals surface area (Å²) >= 11 is 0. The van der Waals surface area contributed by atoms with Gasteiger partial charge in [0.25, 0.3) is 5.91 Å². The van der Waals surface area contributed by atoms with Crippen LogP contribution in [0.3, 0.4) is 0 Å². The highest BCUT2D eigenvalue weighted by atomic mass is 16.5. The molecule has 1 fully saturated rings. The first-order valence-electron chi connectivity index (χ1n) is 5.06. The standard InChI is InChI=1S/C11H14N2O2/c1-8-2-4-12-6-10(8)11(14)13-9-3-5-15-7-9/h2,4,6,9H,3,5,7H2,1H3,(H,13,14)/t9-/m1/s1. The maximum absolute atomic E-state index is 11.8. The minimum atomic E-state index is -0.0592. The Kier molecular flexibility index (Phi) is 2.97. The summed E-state index contributed by atoms with van der Waals surface area (Å²) in [7, 11) is 0. The van der Waals surface area contributed by atoms with Gasteiger partial charge in [-0.3, -0.25) is 9.78 Å². The van der Waals surface area contributed by atoms with E-state index in [-0.39, 0.29) is 11.9 Å². The predicted molar refractivity (Wildman–Crippen MR) is 55.7 cm³/mol. The highest BCUT2D eigenvalue weighted by Crippen LogP contribution is 2.08. The summed E-state index contributed by atoms with van der Waals surface area (Å²) in [6.07, 6.45) is 4.18. The second kappa shape index (κ2) is 4.40. The van der Waals surface area contributed by atoms with Gasteiger partial charge in [-0.2, -0.15) is 0 Å². The lowest BCUT2D eigenvalue weighted by Crippen LogP contribution is -2.35. The van der Waals surface area contributed by atoms with E-state index in [0.29, 0.717) is 12.2 Å². The van der Waals surface area contributed by atoms with Crippen molar-refractivity contribution in [2.75, 3.05) is 13.2 Å². The molecular formula is C11H14N2O2. The largest absolute Gasteiger partial charge is 0.379 e. The number of rotatable bonds is 2. The monoisotopic (exact) mass is 206 g/mol. The zero-order chi connectivity index (χ0) is 10.7. The van der Waals surface area contributed by atoms with Gasteiger partial charge < -0.3 is 10.1 Å². The molecule has 1 aliphatic rings. The Morgan fingerprint density at radius 1 is 1.67 bits per heavy atom. The summed E-state index contributed by atoms with van der Waals surface area (Å²) in [5.41, 5.74) is 1.59. The molecule has 15 heavy (non-hydrogen) atoms. The molecule has 2 heterocycles. The first-order chi connectivity index (χ1) is 7.27. The van der Waals surface area contributed by atoms with Gasteiger partial charge in [0, 0.05) is 19.0 Å². The number of hydrogen-bond donors (Lipinski definition) is 1. The third kappa shape index (κ3) is 2.33. The minimum absolute atomic E-state index is 0.0592. The summed E-state index contributed by atoms with van der Waals surface area (Å²) in [6.45, 7) is 3.25. The van der Waals surface area contributed by atoms with Crippen LogP contribution in [-0.4, -0.2) is 30.1 Å². The van der Waals surface area contributed by atoms with E-state index < -0.39 is 0 Å². The van der Waals surface area contributed by atoms with Gasteiger partial charge in [0.1, 0.15) is 0 Å². The summed E-state index contributed by atoms with van der Waals surface area (Å²) in [4.78, 5) is 15.8. The molecule has 2 rings (SSSR count). The Bertz CT molecular complexity index is 359. The highest BCUT2D eigenvalue weighted by Gasteiger charge is 2.19. The number of hydrogen-bond acceptors (Lipinski definition) is 3. The number of aromatic nitrogens is 1. The van der Waals surface area contributed by atoms with Crippen LogP contribution in [0.15, 0.2) is 18.5 Å². The van der Waals surface area contributed by atoms with Crippen molar-refractivity contribution in [1.82, 2.24) is 10.3 Å². The van der Waals surface area contributed by atoms with Gasteiger partial charge in [0.2, 0.25) is 0 Å². The number of carbonyl (C=O) groups excluding carboxylic acids is 1. The van der Waals surface area contributed by atoms with Gasteiger partial charge >= 0.3 is 0 Å². The number of nitrogens with zero attached hydrogens (tertiary/aromatic N) is 1. The molecule has 1 atom stereocenters. The van der Waals surface area contributed by atoms with E-state index in [2.05, 4.69) is 10.3 Å². The Morgan fingerprint density at radius 2 is 2.53 bits per heavy atom. The maximum Gasteiger partial charge on any atom is 0.253 e. The third-order valence-electron chi connectivity index (χ3n) is 2.55. The molecule has 4 heteroatoms. The van der Waals surface area contributed by atoms with Crippen LogP contribution in [0.1, 0.15) is 22.3 Å². The number of pyridine rings is 1. The van der Waals surface area contributed by atoms with Gasteiger partial charge in [-0.05, 0) is 25.0 Å². The quantitative estimate of drug-likeness (QED) is 0.782. The van der Waals surface area contributed by atoms with Crippen LogP contribution in [-0.2, 0) is 4.74 Å². The number of nitrogens with one attached hydrogen (secondary N) is 1. The van der Waals surface area contributed by atoms with E-state index in [1.165, 1.54) is 0 Å². The van der Waals surface area contributed by atoms with Crippen molar-refractivity contribution in [2.24, 2.45) is 0 Å². The van der Waals surface area contributed by atoms with Crippen LogP contribution in [0.2, 0.25) is 0 Å². The normalized spacial score (nSPS) is 20.2. The van der Waals surface area contributed by atoms with Crippen LogP contribution in [0.4, 0.5) is 0 Å². The predicted octanol–water partition coefficient (Wildman–Crippen LogP) is 0.909. The molecule has 0 aromatic carbocycles. The Balaban J connectivity index is 2.04. The van der Waals surface area contributed by atoms with Crippen molar-refractivity contribution in [1.29, 1.82) is 0 Å². The molecule has 1 saturated heterocycles. The Morgan fingerprint density at radius 3 is 3.20 bits per heavy atom. The first kappa shape index (κ1) is 10.1. The van der Waals surface area contributed by atoms with Crippen molar-refractivity contribution >= 4 is 5.91 Å². The number of carbonyl (C=O) groups is 1. The van der Waals surface area contributed by atoms with Gasteiger partial charge in [0.15, 0.2) is 0 Å². The number of amides is 1. The molecule has 0 bridgehead atoms. The number of ether oxygens (including phenoxy) is 1. The summed E-state index contributed by atoms with van der Waals surface area (Å²) in [5.74, 6) is -0.0592. The molecule has 1 N–H and O–H groups in total. The van der Waals surface area contributed by atoms with Crippen molar-refractivity contribution in [3.63, 3.8) is 0 Å². The van der Waals surface area contributed by atoms with Gasteiger partial charge in [-0.1, -0.05) is 0 Å². The van der Waals surface area contributed by atoms with Gasteiger partial charge in [0.05, 0.1) is 18.2 Å². The van der Waals surface area contributed by atoms with E-state index in [9.17, 15) is 4.79 Å². The molecule has 0 radical (unpaired) electrons. The smallest absolute Gasteiger partial charge is 0.253 e. The fourth-order valence-electron chi connectivity index (χ4n) is 1.61. The van der Waals surface area contributed by atoms with Crippen LogP contribution >= 0.6 is 0 Å². The van der Waals surface area contributed by atoms with Crippen molar-refractivity contribution in [3.8, 4) is 0 Å². The van der Waals surface area contributed by atoms with Crippen LogP contribution < -0.4 is 5.32 Å². The zero-order valence-electron chi connectivity index (χ0n) is 8.69. The second-order valence-corrected chi connectivity index (χ2v) is 3.72. The van der Waals surface area contributed by atoms with Gasteiger partial charge in [-0.25, -0.2) is 0 Å². The van der Waals surface area contributed by atoms with Crippen molar-refractivity contribution in [2.45, 2.75) is 19.4 Å².